The number of carbonyl (C=O) groups excluding carboxylic acids is 1. The third kappa shape index (κ3) is 6.41. The van der Waals surface area contributed by atoms with Gasteiger partial charge in [0.25, 0.3) is 0 Å². The number of rotatable bonds is 7. The van der Waals surface area contributed by atoms with Crippen LogP contribution in [0.4, 0.5) is 0 Å². The number of nitrogens with zero attached hydrogens (tertiary/aromatic N) is 1. The summed E-state index contributed by atoms with van der Waals surface area (Å²) in [7, 11) is 1.56. The zero-order chi connectivity index (χ0) is 13.4. The zero-order valence-corrected chi connectivity index (χ0v) is 12.7. The van der Waals surface area contributed by atoms with Gasteiger partial charge in [0.2, 0.25) is 5.91 Å². The van der Waals surface area contributed by atoms with Gasteiger partial charge in [-0.05, 0) is 18.8 Å². The molecule has 0 aromatic rings. The molecule has 112 valence electrons. The Morgan fingerprint density at radius 2 is 2.11 bits per heavy atom. The van der Waals surface area contributed by atoms with Crippen molar-refractivity contribution in [1.29, 1.82) is 0 Å². The van der Waals surface area contributed by atoms with Crippen LogP contribution in [-0.4, -0.2) is 43.7 Å². The van der Waals surface area contributed by atoms with E-state index >= 15 is 0 Å². The van der Waals surface area contributed by atoms with Crippen LogP contribution in [0, 0.1) is 5.92 Å². The summed E-state index contributed by atoms with van der Waals surface area (Å²) in [5.41, 5.74) is 5.81. The van der Waals surface area contributed by atoms with Gasteiger partial charge >= 0.3 is 0 Å². The molecule has 0 aromatic heterocycles. The van der Waals surface area contributed by atoms with Gasteiger partial charge in [-0.3, -0.25) is 4.79 Å². The molecule has 0 bridgehead atoms. The molecular formula is C14H27ClN2O2. The van der Waals surface area contributed by atoms with E-state index in [-0.39, 0.29) is 24.9 Å². The average molecular weight is 291 g/mol. The van der Waals surface area contributed by atoms with E-state index in [0.717, 1.165) is 6.54 Å². The van der Waals surface area contributed by atoms with Gasteiger partial charge in [-0.25, -0.2) is 0 Å². The Kier molecular flexibility index (Phi) is 9.92. The normalized spacial score (nSPS) is 17.4. The molecule has 2 N–H and O–H groups in total. The number of methoxy groups -OCH3 is 1. The molecule has 0 saturated heterocycles. The van der Waals surface area contributed by atoms with E-state index in [1.54, 1.807) is 13.2 Å². The van der Waals surface area contributed by atoms with Crippen molar-refractivity contribution in [1.82, 2.24) is 4.90 Å². The van der Waals surface area contributed by atoms with Crippen molar-refractivity contribution in [2.75, 3.05) is 26.8 Å². The molecular weight excluding hydrogens is 264 g/mol. The molecule has 0 aromatic carbocycles. The predicted octanol–water partition coefficient (Wildman–Crippen LogP) is 1.98. The van der Waals surface area contributed by atoms with Gasteiger partial charge in [0.15, 0.2) is 0 Å². The van der Waals surface area contributed by atoms with Crippen molar-refractivity contribution >= 4 is 18.3 Å². The molecule has 1 rings (SSSR count). The lowest BCUT2D eigenvalue weighted by atomic mass is 9.89. The smallest absolute Gasteiger partial charge is 0.242 e. The third-order valence-corrected chi connectivity index (χ3v) is 3.53. The van der Waals surface area contributed by atoms with E-state index in [9.17, 15) is 4.79 Å². The van der Waals surface area contributed by atoms with Crippen LogP contribution in [0.5, 0.6) is 0 Å². The lowest BCUT2D eigenvalue weighted by Gasteiger charge is -2.30. The molecule has 0 aliphatic heterocycles. The van der Waals surface area contributed by atoms with E-state index in [1.165, 1.54) is 32.1 Å². The SMILES string of the molecule is C=CCN(CC1CCCCC1)C(=O)C(N)COC.Cl. The molecule has 5 heteroatoms. The van der Waals surface area contributed by atoms with Crippen LogP contribution in [0.2, 0.25) is 0 Å². The maximum Gasteiger partial charge on any atom is 0.242 e. The molecule has 1 amide bonds. The van der Waals surface area contributed by atoms with Gasteiger partial charge in [-0.15, -0.1) is 19.0 Å². The molecule has 4 nitrogen and oxygen atoms in total. The molecule has 1 saturated carbocycles. The van der Waals surface area contributed by atoms with Gasteiger partial charge in [-0.1, -0.05) is 25.3 Å². The fraction of sp³-hybridized carbons (Fsp3) is 0.786. The van der Waals surface area contributed by atoms with Crippen LogP contribution in [0.1, 0.15) is 32.1 Å². The van der Waals surface area contributed by atoms with Crippen LogP contribution in [0.15, 0.2) is 12.7 Å². The van der Waals surface area contributed by atoms with Crippen LogP contribution >= 0.6 is 12.4 Å². The van der Waals surface area contributed by atoms with Crippen molar-refractivity contribution in [2.24, 2.45) is 11.7 Å². The summed E-state index contributed by atoms with van der Waals surface area (Å²) in [4.78, 5) is 14.0. The van der Waals surface area contributed by atoms with Crippen molar-refractivity contribution < 1.29 is 9.53 Å². The molecule has 1 aliphatic rings. The van der Waals surface area contributed by atoms with E-state index < -0.39 is 6.04 Å². The Bertz CT molecular complexity index is 268. The second-order valence-electron chi connectivity index (χ2n) is 5.10. The summed E-state index contributed by atoms with van der Waals surface area (Å²) in [5, 5.41) is 0. The van der Waals surface area contributed by atoms with Crippen molar-refractivity contribution in [3.8, 4) is 0 Å². The fourth-order valence-corrected chi connectivity index (χ4v) is 2.58. The number of amides is 1. The molecule has 1 aliphatic carbocycles. The second-order valence-corrected chi connectivity index (χ2v) is 5.10. The Balaban J connectivity index is 0.00000324. The summed E-state index contributed by atoms with van der Waals surface area (Å²) in [5.74, 6) is 0.597. The highest BCUT2D eigenvalue weighted by molar-refractivity contribution is 5.85. The molecule has 0 heterocycles. The summed E-state index contributed by atoms with van der Waals surface area (Å²) in [6.07, 6.45) is 8.10. The Morgan fingerprint density at radius 3 is 2.63 bits per heavy atom. The first kappa shape index (κ1) is 18.4. The number of halogens is 1. The van der Waals surface area contributed by atoms with Crippen LogP contribution in [0.25, 0.3) is 0 Å². The van der Waals surface area contributed by atoms with Crippen molar-refractivity contribution in [2.45, 2.75) is 38.1 Å². The number of nitrogens with two attached hydrogens (primary N) is 1. The number of hydrogen-bond acceptors (Lipinski definition) is 3. The largest absolute Gasteiger partial charge is 0.383 e. The summed E-state index contributed by atoms with van der Waals surface area (Å²) in [6, 6.07) is -0.557. The van der Waals surface area contributed by atoms with Gasteiger partial charge in [0.05, 0.1) is 6.61 Å². The summed E-state index contributed by atoms with van der Waals surface area (Å²) >= 11 is 0. The zero-order valence-electron chi connectivity index (χ0n) is 11.8. The highest BCUT2D eigenvalue weighted by atomic mass is 35.5. The standard InChI is InChI=1S/C14H26N2O2.ClH/c1-3-9-16(14(17)13(15)11-18-2)10-12-7-5-4-6-8-12;/h3,12-13H,1,4-11,15H2,2H3;1H. The number of carbonyl (C=O) groups is 1. The van der Waals surface area contributed by atoms with Crippen LogP contribution in [0.3, 0.4) is 0 Å². The van der Waals surface area contributed by atoms with Gasteiger partial charge in [-0.2, -0.15) is 0 Å². The minimum atomic E-state index is -0.557. The fourth-order valence-electron chi connectivity index (χ4n) is 2.58. The first-order valence-electron chi connectivity index (χ1n) is 6.83. The topological polar surface area (TPSA) is 55.6 Å². The Morgan fingerprint density at radius 1 is 1.47 bits per heavy atom. The lowest BCUT2D eigenvalue weighted by Crippen LogP contribution is -2.47. The van der Waals surface area contributed by atoms with Crippen LogP contribution in [-0.2, 0) is 9.53 Å². The minimum Gasteiger partial charge on any atom is -0.383 e. The Labute approximate surface area is 122 Å². The first-order chi connectivity index (χ1) is 8.69. The molecule has 1 atom stereocenters. The molecule has 1 unspecified atom stereocenters. The summed E-state index contributed by atoms with van der Waals surface area (Å²) < 4.78 is 4.94. The molecule has 0 radical (unpaired) electrons. The van der Waals surface area contributed by atoms with Crippen molar-refractivity contribution in [3.05, 3.63) is 12.7 Å². The lowest BCUT2D eigenvalue weighted by molar-refractivity contribution is -0.134. The van der Waals surface area contributed by atoms with E-state index in [1.807, 2.05) is 4.90 Å². The highest BCUT2D eigenvalue weighted by Gasteiger charge is 2.23. The van der Waals surface area contributed by atoms with E-state index in [4.69, 9.17) is 10.5 Å². The van der Waals surface area contributed by atoms with Gasteiger partial charge in [0, 0.05) is 20.2 Å². The van der Waals surface area contributed by atoms with Crippen LogP contribution < -0.4 is 5.73 Å². The predicted molar refractivity (Wildman–Crippen MR) is 80.5 cm³/mol. The van der Waals surface area contributed by atoms with Gasteiger partial charge in [0.1, 0.15) is 6.04 Å². The molecule has 19 heavy (non-hydrogen) atoms. The quantitative estimate of drug-likeness (QED) is 0.730. The minimum absolute atomic E-state index is 0. The molecule has 0 spiro atoms. The maximum absolute atomic E-state index is 12.2. The first-order valence-corrected chi connectivity index (χ1v) is 6.83. The number of hydrogen-bond donors (Lipinski definition) is 1. The Hall–Kier alpha value is -0.580. The average Bonchev–Trinajstić information content (AvgIpc) is 2.39. The third-order valence-electron chi connectivity index (χ3n) is 3.53. The number of ether oxygens (including phenoxy) is 1. The van der Waals surface area contributed by atoms with Gasteiger partial charge < -0.3 is 15.4 Å². The van der Waals surface area contributed by atoms with Crippen molar-refractivity contribution in [3.63, 3.8) is 0 Å². The monoisotopic (exact) mass is 290 g/mol. The second kappa shape index (κ2) is 10.2. The molecule has 1 fully saturated rings. The van der Waals surface area contributed by atoms with E-state index in [2.05, 4.69) is 6.58 Å². The summed E-state index contributed by atoms with van der Waals surface area (Å²) in [6.45, 7) is 5.37. The maximum atomic E-state index is 12.2. The highest BCUT2D eigenvalue weighted by Crippen LogP contribution is 2.24. The van der Waals surface area contributed by atoms with E-state index in [0.29, 0.717) is 12.5 Å².